The minimum absolute atomic E-state index is 0.0140. The third kappa shape index (κ3) is 8.85. The van der Waals surface area contributed by atoms with Crippen molar-refractivity contribution in [2.75, 3.05) is 26.9 Å². The summed E-state index contributed by atoms with van der Waals surface area (Å²) in [5.74, 6) is -1.13. The Labute approximate surface area is 264 Å². The van der Waals surface area contributed by atoms with Crippen molar-refractivity contribution in [3.05, 3.63) is 77.2 Å². The van der Waals surface area contributed by atoms with Crippen LogP contribution in [0.1, 0.15) is 56.2 Å². The van der Waals surface area contributed by atoms with Crippen LogP contribution < -0.4 is 25.8 Å². The van der Waals surface area contributed by atoms with Crippen LogP contribution in [0.5, 0.6) is 11.5 Å². The van der Waals surface area contributed by atoms with E-state index >= 15 is 0 Å². The molecule has 1 unspecified atom stereocenters. The van der Waals surface area contributed by atoms with E-state index in [-0.39, 0.29) is 47.1 Å². The van der Waals surface area contributed by atoms with Gasteiger partial charge in [0, 0.05) is 11.1 Å². The van der Waals surface area contributed by atoms with E-state index in [1.54, 1.807) is 34.6 Å². The van der Waals surface area contributed by atoms with E-state index in [4.69, 9.17) is 25.1 Å². The van der Waals surface area contributed by atoms with Gasteiger partial charge >= 0.3 is 12.3 Å². The zero-order valence-corrected chi connectivity index (χ0v) is 26.3. The van der Waals surface area contributed by atoms with Gasteiger partial charge in [0.2, 0.25) is 0 Å². The summed E-state index contributed by atoms with van der Waals surface area (Å²) in [5.41, 5.74) is 0.471. The second kappa shape index (κ2) is 13.9. The number of nitrogens with two attached hydrogens (primary N) is 1. The fourth-order valence-electron chi connectivity index (χ4n) is 4.26. The van der Waals surface area contributed by atoms with Crippen molar-refractivity contribution in [2.45, 2.75) is 57.5 Å². The van der Waals surface area contributed by atoms with E-state index in [1.165, 1.54) is 43.5 Å². The summed E-state index contributed by atoms with van der Waals surface area (Å²) < 4.78 is 74.1. The van der Waals surface area contributed by atoms with Crippen LogP contribution >= 0.6 is 0 Å². The number of benzene rings is 2. The topological polar surface area (TPSA) is 145 Å². The molecule has 1 aromatic heterocycles. The van der Waals surface area contributed by atoms with E-state index < -0.39 is 52.9 Å². The number of ether oxygens (including phenoxy) is 3. The van der Waals surface area contributed by atoms with E-state index in [2.05, 4.69) is 15.6 Å². The van der Waals surface area contributed by atoms with Crippen LogP contribution in [0.3, 0.4) is 0 Å². The Kier molecular flexibility index (Phi) is 10.9. The van der Waals surface area contributed by atoms with Gasteiger partial charge in [0.15, 0.2) is 17.0 Å². The maximum Gasteiger partial charge on any atom is 0.413 e. The maximum atomic E-state index is 14.8. The second-order valence-corrected chi connectivity index (χ2v) is 12.0. The molecule has 1 atom stereocenters. The molecule has 0 aliphatic heterocycles. The van der Waals surface area contributed by atoms with E-state index in [9.17, 15) is 27.2 Å². The Morgan fingerprint density at radius 1 is 0.957 bits per heavy atom. The number of carbonyl (C=O) groups is 2. The number of alkyl carbamates (subject to hydrolysis) is 1. The minimum atomic E-state index is -5.13. The lowest BCUT2D eigenvalue weighted by molar-refractivity contribution is -0.188. The number of aromatic nitrogens is 1. The number of hydrogen-bond donors (Lipinski definition) is 4. The van der Waals surface area contributed by atoms with Gasteiger partial charge in [-0.25, -0.2) is 9.18 Å². The zero-order valence-electron chi connectivity index (χ0n) is 26.3. The van der Waals surface area contributed by atoms with Crippen molar-refractivity contribution in [2.24, 2.45) is 5.73 Å². The van der Waals surface area contributed by atoms with Gasteiger partial charge in [-0.3, -0.25) is 9.78 Å². The highest BCUT2D eigenvalue weighted by atomic mass is 19.4. The van der Waals surface area contributed by atoms with Gasteiger partial charge in [0.05, 0.1) is 37.2 Å². The Morgan fingerprint density at radius 3 is 2.17 bits per heavy atom. The van der Waals surface area contributed by atoms with Crippen molar-refractivity contribution in [3.63, 3.8) is 0 Å². The van der Waals surface area contributed by atoms with Gasteiger partial charge in [0.25, 0.3) is 5.91 Å². The molecule has 10 nitrogen and oxygen atoms in total. The molecule has 0 spiro atoms. The van der Waals surface area contributed by atoms with Crippen molar-refractivity contribution in [1.29, 1.82) is 0 Å². The molecule has 46 heavy (non-hydrogen) atoms. The van der Waals surface area contributed by atoms with Crippen LogP contribution in [-0.4, -0.2) is 60.7 Å². The number of alkyl halides is 3. The first kappa shape index (κ1) is 36.0. The number of methoxy groups -OCH3 is 1. The molecule has 0 saturated heterocycles. The zero-order chi connectivity index (χ0) is 34.5. The maximum absolute atomic E-state index is 14.8. The molecule has 0 aliphatic rings. The molecular weight excluding hydrogens is 612 g/mol. The number of rotatable bonds is 11. The first-order valence-corrected chi connectivity index (χ1v) is 14.2. The number of pyridine rings is 1. The van der Waals surface area contributed by atoms with Crippen molar-refractivity contribution < 1.29 is 46.5 Å². The minimum Gasteiger partial charge on any atom is -0.493 e. The monoisotopic (exact) mass is 650 g/mol. The molecule has 14 heteroatoms. The Morgan fingerprint density at radius 2 is 1.61 bits per heavy atom. The van der Waals surface area contributed by atoms with Gasteiger partial charge in [-0.2, -0.15) is 13.2 Å². The van der Waals surface area contributed by atoms with Crippen molar-refractivity contribution >= 4 is 12.0 Å². The first-order valence-electron chi connectivity index (χ1n) is 14.2. The SMILES string of the molecule is COc1cc(C(=O)NCC(N)(c2cc(C(C)(C)NC(=O)OC(C)(C)C)cc(-c3ccc(F)cc3)n2)C(F)(F)F)ccc1OCCO. The Bertz CT molecular complexity index is 1540. The number of hydrogen-bond acceptors (Lipinski definition) is 8. The summed E-state index contributed by atoms with van der Waals surface area (Å²) in [6, 6.07) is 11.4. The molecule has 3 rings (SSSR count). The van der Waals surface area contributed by atoms with Gasteiger partial charge in [-0.1, -0.05) is 0 Å². The number of halogens is 4. The van der Waals surface area contributed by atoms with Gasteiger partial charge < -0.3 is 35.7 Å². The number of aliphatic hydroxyl groups excluding tert-OH is 1. The van der Waals surface area contributed by atoms with Crippen LogP contribution in [0, 0.1) is 5.82 Å². The summed E-state index contributed by atoms with van der Waals surface area (Å²) in [6.07, 6.45) is -5.95. The highest BCUT2D eigenvalue weighted by Gasteiger charge is 2.55. The summed E-state index contributed by atoms with van der Waals surface area (Å²) >= 11 is 0. The van der Waals surface area contributed by atoms with Gasteiger partial charge in [-0.05, 0) is 94.8 Å². The number of nitrogens with zero attached hydrogens (tertiary/aromatic N) is 1. The molecule has 250 valence electrons. The van der Waals surface area contributed by atoms with Crippen LogP contribution in [0.4, 0.5) is 22.4 Å². The number of carbonyl (C=O) groups excluding carboxylic acids is 2. The van der Waals surface area contributed by atoms with Gasteiger partial charge in [0.1, 0.15) is 18.0 Å². The molecule has 0 saturated carbocycles. The third-order valence-electron chi connectivity index (χ3n) is 6.77. The Balaban J connectivity index is 2.06. The van der Waals surface area contributed by atoms with E-state index in [0.29, 0.717) is 0 Å². The standard InChI is InChI=1S/C32H38F4N4O6/c1-29(2,3)46-28(43)40-30(4,5)21-16-23(19-7-10-22(33)11-8-19)39-26(17-21)31(37,32(34,35)36)18-38-27(42)20-9-12-24(45-14-13-41)25(15-20)44-6/h7-12,15-17,41H,13-14,18,37H2,1-6H3,(H,38,42)(H,40,43). The molecule has 0 bridgehead atoms. The van der Waals surface area contributed by atoms with Crippen LogP contribution in [0.2, 0.25) is 0 Å². The highest BCUT2D eigenvalue weighted by Crippen LogP contribution is 2.38. The predicted octanol–water partition coefficient (Wildman–Crippen LogP) is 5.17. The molecule has 0 aliphatic carbocycles. The normalized spacial score (nSPS) is 13.4. The van der Waals surface area contributed by atoms with Crippen molar-refractivity contribution in [1.82, 2.24) is 15.6 Å². The smallest absolute Gasteiger partial charge is 0.413 e. The predicted molar refractivity (Wildman–Crippen MR) is 162 cm³/mol. The van der Waals surface area contributed by atoms with Crippen molar-refractivity contribution in [3.8, 4) is 22.8 Å². The lowest BCUT2D eigenvalue weighted by Gasteiger charge is -2.34. The highest BCUT2D eigenvalue weighted by molar-refractivity contribution is 5.95. The number of amides is 2. The average Bonchev–Trinajstić information content (AvgIpc) is 2.96. The lowest BCUT2D eigenvalue weighted by Crippen LogP contribution is -2.58. The van der Waals surface area contributed by atoms with E-state index in [1.807, 2.05) is 0 Å². The summed E-state index contributed by atoms with van der Waals surface area (Å²) in [4.78, 5) is 29.9. The molecule has 0 radical (unpaired) electrons. The van der Waals surface area contributed by atoms with Crippen LogP contribution in [0.25, 0.3) is 11.3 Å². The summed E-state index contributed by atoms with van der Waals surface area (Å²) in [6.45, 7) is 6.65. The van der Waals surface area contributed by atoms with E-state index in [0.717, 1.165) is 18.2 Å². The summed E-state index contributed by atoms with van der Waals surface area (Å²) in [5, 5.41) is 13.9. The number of aliphatic hydroxyl groups is 1. The molecule has 3 aromatic rings. The molecule has 5 N–H and O–H groups in total. The molecular formula is C32H38F4N4O6. The average molecular weight is 651 g/mol. The largest absolute Gasteiger partial charge is 0.493 e. The van der Waals surface area contributed by atoms with Crippen LogP contribution in [-0.2, 0) is 15.8 Å². The summed E-state index contributed by atoms with van der Waals surface area (Å²) in [7, 11) is 1.31. The fourth-order valence-corrected chi connectivity index (χ4v) is 4.26. The van der Waals surface area contributed by atoms with Crippen LogP contribution in [0.15, 0.2) is 54.6 Å². The number of nitrogens with one attached hydrogen (secondary N) is 2. The second-order valence-electron chi connectivity index (χ2n) is 12.0. The van der Waals surface area contributed by atoms with Gasteiger partial charge in [-0.15, -0.1) is 0 Å². The molecule has 2 aromatic carbocycles. The third-order valence-corrected chi connectivity index (χ3v) is 6.77. The Hall–Kier alpha value is -4.43. The fraction of sp³-hybridized carbons (Fsp3) is 0.406. The molecule has 2 amide bonds. The quantitative estimate of drug-likeness (QED) is 0.208. The lowest BCUT2D eigenvalue weighted by atomic mass is 9.87. The molecule has 1 heterocycles. The molecule has 0 fully saturated rings. The first-order chi connectivity index (χ1) is 21.3.